The third-order valence-electron chi connectivity index (χ3n) is 6.67. The van der Waals surface area contributed by atoms with Crippen molar-refractivity contribution in [1.29, 1.82) is 0 Å². The van der Waals surface area contributed by atoms with E-state index in [1.165, 1.54) is 0 Å². The maximum Gasteiger partial charge on any atom is 0.322 e. The molecule has 2 N–H and O–H groups in total. The Kier molecular flexibility index (Phi) is 7.05. The van der Waals surface area contributed by atoms with Crippen molar-refractivity contribution in [3.8, 4) is 0 Å². The van der Waals surface area contributed by atoms with Crippen LogP contribution in [0.25, 0.3) is 0 Å². The highest BCUT2D eigenvalue weighted by Crippen LogP contribution is 2.38. The third-order valence-corrected chi connectivity index (χ3v) is 6.67. The molecular weight excluding hydrogens is 440 g/mol. The van der Waals surface area contributed by atoms with Crippen LogP contribution in [0.1, 0.15) is 35.2 Å². The van der Waals surface area contributed by atoms with Gasteiger partial charge in [0.1, 0.15) is 6.04 Å². The Hall–Kier alpha value is -3.87. The Balaban J connectivity index is 1.74. The van der Waals surface area contributed by atoms with Gasteiger partial charge in [0.15, 0.2) is 0 Å². The van der Waals surface area contributed by atoms with Crippen molar-refractivity contribution in [1.82, 2.24) is 20.4 Å². The summed E-state index contributed by atoms with van der Waals surface area (Å²) >= 11 is 0. The molecule has 2 aliphatic heterocycles. The van der Waals surface area contributed by atoms with Crippen LogP contribution in [0.2, 0.25) is 0 Å². The summed E-state index contributed by atoms with van der Waals surface area (Å²) in [6.45, 7) is 10.5. The molecule has 0 bridgehead atoms. The topological polar surface area (TPSA) is 81.8 Å². The van der Waals surface area contributed by atoms with Crippen LogP contribution in [0.3, 0.4) is 0 Å². The number of aryl methyl sites for hydroxylation is 2. The van der Waals surface area contributed by atoms with Gasteiger partial charge in [-0.2, -0.15) is 0 Å². The lowest BCUT2D eigenvalue weighted by molar-refractivity contribution is -0.136. The lowest BCUT2D eigenvalue weighted by Gasteiger charge is -2.33. The van der Waals surface area contributed by atoms with Crippen molar-refractivity contribution in [3.63, 3.8) is 0 Å². The van der Waals surface area contributed by atoms with Gasteiger partial charge in [-0.05, 0) is 37.5 Å². The van der Waals surface area contributed by atoms with Crippen LogP contribution in [0.4, 0.5) is 4.79 Å². The van der Waals surface area contributed by atoms with Crippen molar-refractivity contribution in [3.05, 3.63) is 94.7 Å². The third kappa shape index (κ3) is 4.71. The van der Waals surface area contributed by atoms with E-state index in [0.29, 0.717) is 30.8 Å². The molecule has 0 saturated carbocycles. The van der Waals surface area contributed by atoms with Gasteiger partial charge in [0.2, 0.25) is 5.91 Å². The second-order valence-electron chi connectivity index (χ2n) is 9.02. The van der Waals surface area contributed by atoms with Gasteiger partial charge in [-0.3, -0.25) is 14.5 Å². The first-order valence-electron chi connectivity index (χ1n) is 12.0. The summed E-state index contributed by atoms with van der Waals surface area (Å²) in [5.74, 6) is -0.467. The summed E-state index contributed by atoms with van der Waals surface area (Å²) in [5.41, 5.74) is 5.16. The van der Waals surface area contributed by atoms with Crippen LogP contribution < -0.4 is 10.6 Å². The van der Waals surface area contributed by atoms with Crippen molar-refractivity contribution in [2.45, 2.75) is 39.3 Å². The zero-order chi connectivity index (χ0) is 25.1. The lowest BCUT2D eigenvalue weighted by atomic mass is 9.91. The average molecular weight is 473 g/mol. The van der Waals surface area contributed by atoms with E-state index in [1.54, 1.807) is 15.9 Å². The number of nitrogens with one attached hydrogen (secondary N) is 2. The smallest absolute Gasteiger partial charge is 0.322 e. The second kappa shape index (κ2) is 10.2. The number of carbonyl (C=O) groups is 3. The van der Waals surface area contributed by atoms with Crippen LogP contribution in [0, 0.1) is 13.8 Å². The number of rotatable bonds is 8. The highest BCUT2D eigenvalue weighted by atomic mass is 16.2. The Labute approximate surface area is 206 Å². The van der Waals surface area contributed by atoms with E-state index < -0.39 is 12.1 Å². The standard InChI is InChI=1S/C28H32N4O3/c1-5-14-29-26(33)22(16-20-10-8-7-9-11-20)32-17-23-24(27(32)34)25(30-28(35)31(23)6-2)21-13-12-18(3)15-19(21)4/h5,7-13,15,22,25H,1,6,14,16-17H2,2-4H3,(H,29,33)(H,30,35)/t22-,25-/m1/s1. The maximum absolute atomic E-state index is 14.0. The first-order valence-corrected chi connectivity index (χ1v) is 12.0. The molecule has 7 nitrogen and oxygen atoms in total. The van der Waals surface area contributed by atoms with E-state index >= 15 is 0 Å². The van der Waals surface area contributed by atoms with Gasteiger partial charge in [-0.25, -0.2) is 4.79 Å². The first kappa shape index (κ1) is 24.3. The highest BCUT2D eigenvalue weighted by Gasteiger charge is 2.47. The molecule has 0 radical (unpaired) electrons. The van der Waals surface area contributed by atoms with E-state index in [4.69, 9.17) is 0 Å². The van der Waals surface area contributed by atoms with Crippen molar-refractivity contribution in [2.24, 2.45) is 0 Å². The van der Waals surface area contributed by atoms with Crippen molar-refractivity contribution >= 4 is 17.8 Å². The van der Waals surface area contributed by atoms with Crippen LogP contribution in [0.5, 0.6) is 0 Å². The first-order chi connectivity index (χ1) is 16.8. The Morgan fingerprint density at radius 1 is 1.20 bits per heavy atom. The van der Waals surface area contributed by atoms with Gasteiger partial charge in [0.05, 0.1) is 23.9 Å². The van der Waals surface area contributed by atoms with Gasteiger partial charge in [0.25, 0.3) is 5.91 Å². The number of benzene rings is 2. The fourth-order valence-corrected chi connectivity index (χ4v) is 4.95. The predicted molar refractivity (Wildman–Crippen MR) is 135 cm³/mol. The maximum atomic E-state index is 14.0. The number of hydrogen-bond donors (Lipinski definition) is 2. The van der Waals surface area contributed by atoms with Gasteiger partial charge in [0, 0.05) is 19.5 Å². The average Bonchev–Trinajstić information content (AvgIpc) is 3.18. The molecule has 2 heterocycles. The number of urea groups is 1. The number of hydrogen-bond acceptors (Lipinski definition) is 3. The molecule has 0 unspecified atom stereocenters. The van der Waals surface area contributed by atoms with Gasteiger partial charge < -0.3 is 15.5 Å². The second-order valence-corrected chi connectivity index (χ2v) is 9.02. The summed E-state index contributed by atoms with van der Waals surface area (Å²) in [4.78, 5) is 43.5. The zero-order valence-electron chi connectivity index (χ0n) is 20.5. The lowest BCUT2D eigenvalue weighted by Crippen LogP contribution is -2.50. The molecule has 182 valence electrons. The van der Waals surface area contributed by atoms with Crippen LogP contribution in [-0.4, -0.2) is 53.3 Å². The van der Waals surface area contributed by atoms with Gasteiger partial charge in [-0.15, -0.1) is 6.58 Å². The number of likely N-dealkylation sites (N-methyl/N-ethyl adjacent to an activating group) is 1. The molecule has 4 amide bonds. The molecule has 2 aromatic rings. The molecule has 0 saturated heterocycles. The predicted octanol–water partition coefficient (Wildman–Crippen LogP) is 3.40. The molecule has 4 rings (SSSR count). The van der Waals surface area contributed by atoms with E-state index in [1.807, 2.05) is 69.3 Å². The van der Waals surface area contributed by atoms with Crippen molar-refractivity contribution in [2.75, 3.05) is 19.6 Å². The molecule has 7 heteroatoms. The Morgan fingerprint density at radius 3 is 2.60 bits per heavy atom. The molecule has 0 aliphatic carbocycles. The van der Waals surface area contributed by atoms with E-state index in [9.17, 15) is 14.4 Å². The van der Waals surface area contributed by atoms with Crippen LogP contribution >= 0.6 is 0 Å². The number of amides is 4. The van der Waals surface area contributed by atoms with Crippen molar-refractivity contribution < 1.29 is 14.4 Å². The molecule has 35 heavy (non-hydrogen) atoms. The summed E-state index contributed by atoms with van der Waals surface area (Å²) < 4.78 is 0. The molecule has 2 aromatic carbocycles. The van der Waals surface area contributed by atoms with Crippen LogP contribution in [0.15, 0.2) is 72.5 Å². The Morgan fingerprint density at radius 2 is 1.94 bits per heavy atom. The quantitative estimate of drug-likeness (QED) is 0.578. The Bertz CT molecular complexity index is 1190. The van der Waals surface area contributed by atoms with E-state index in [2.05, 4.69) is 17.2 Å². The largest absolute Gasteiger partial charge is 0.351 e. The fraction of sp³-hybridized carbons (Fsp3) is 0.321. The molecule has 0 fully saturated rings. The molecule has 2 aliphatic rings. The molecule has 0 spiro atoms. The fourth-order valence-electron chi connectivity index (χ4n) is 4.95. The van der Waals surface area contributed by atoms with Gasteiger partial charge >= 0.3 is 6.03 Å². The number of nitrogens with zero attached hydrogens (tertiary/aromatic N) is 2. The number of carbonyl (C=O) groups excluding carboxylic acids is 3. The normalized spacial score (nSPS) is 18.3. The SMILES string of the molecule is C=CCNC(=O)[C@@H](Cc1ccccc1)N1CC2=C(C1=O)[C@@H](c1ccc(C)cc1C)NC(=O)N2CC. The minimum atomic E-state index is -0.718. The van der Waals surface area contributed by atoms with Crippen LogP contribution in [-0.2, 0) is 16.0 Å². The molecule has 2 atom stereocenters. The summed E-state index contributed by atoms with van der Waals surface area (Å²) in [5, 5.41) is 5.89. The zero-order valence-corrected chi connectivity index (χ0v) is 20.5. The summed E-state index contributed by atoms with van der Waals surface area (Å²) in [7, 11) is 0. The summed E-state index contributed by atoms with van der Waals surface area (Å²) in [6.07, 6.45) is 1.99. The monoisotopic (exact) mass is 472 g/mol. The van der Waals surface area contributed by atoms with Gasteiger partial charge in [-0.1, -0.05) is 60.2 Å². The summed E-state index contributed by atoms with van der Waals surface area (Å²) in [6, 6.07) is 14.1. The molecule has 0 aromatic heterocycles. The minimum absolute atomic E-state index is 0.204. The highest BCUT2D eigenvalue weighted by molar-refractivity contribution is 6.03. The van der Waals surface area contributed by atoms with E-state index in [0.717, 1.165) is 22.3 Å². The molecular formula is C28H32N4O3. The van der Waals surface area contributed by atoms with E-state index in [-0.39, 0.29) is 24.4 Å². The minimum Gasteiger partial charge on any atom is -0.351 e.